The third-order valence-corrected chi connectivity index (χ3v) is 1.28. The van der Waals surface area contributed by atoms with Crippen LogP contribution >= 0.6 is 0 Å². The Balaban J connectivity index is 3.22. The van der Waals surface area contributed by atoms with Gasteiger partial charge in [-0.25, -0.2) is 4.98 Å². The molecule has 0 radical (unpaired) electrons. The third-order valence-electron chi connectivity index (χ3n) is 1.28. The topological polar surface area (TPSA) is 66.1 Å². The van der Waals surface area contributed by atoms with E-state index in [9.17, 15) is 4.91 Å². The quantitative estimate of drug-likeness (QED) is 0.567. The minimum Gasteiger partial charge on any atom is -0.243 e. The lowest BCUT2D eigenvalue weighted by Gasteiger charge is -1.93. The van der Waals surface area contributed by atoms with Gasteiger partial charge in [0.05, 0.1) is 6.20 Å². The first kappa shape index (κ1) is 7.35. The summed E-state index contributed by atoms with van der Waals surface area (Å²) in [4.78, 5) is 13.7. The van der Waals surface area contributed by atoms with Crippen LogP contribution in [0.25, 0.3) is 0 Å². The van der Waals surface area contributed by atoms with Crippen molar-refractivity contribution in [1.82, 2.24) is 4.98 Å². The summed E-state index contributed by atoms with van der Waals surface area (Å²) in [6.45, 7) is 1.71. The molecule has 1 aromatic rings. The average Bonchev–Trinajstić information content (AvgIpc) is 2.04. The monoisotopic (exact) mass is 147 g/mol. The highest BCUT2D eigenvalue weighted by Crippen LogP contribution is 2.13. The molecular weight excluding hydrogens is 142 g/mol. The molecule has 0 amide bonds. The van der Waals surface area contributed by atoms with Crippen molar-refractivity contribution in [3.05, 3.63) is 28.4 Å². The van der Waals surface area contributed by atoms with Crippen LogP contribution in [0.15, 0.2) is 17.4 Å². The largest absolute Gasteiger partial charge is 0.243 e. The lowest BCUT2D eigenvalue weighted by Crippen LogP contribution is -1.85. The molecule has 0 N–H and O–H groups in total. The first-order chi connectivity index (χ1) is 5.27. The standard InChI is InChI=1S/C7H5N3O/c1-5-2-6(10-11)4-9-7(5)3-8/h2,4H,1H3. The fourth-order valence-corrected chi connectivity index (χ4v) is 0.727. The number of hydrogen-bond donors (Lipinski definition) is 0. The van der Waals surface area contributed by atoms with Gasteiger partial charge in [-0.05, 0) is 23.7 Å². The van der Waals surface area contributed by atoms with Crippen LogP contribution in [0, 0.1) is 23.2 Å². The van der Waals surface area contributed by atoms with Crippen LogP contribution in [0.4, 0.5) is 5.69 Å². The molecule has 0 spiro atoms. The Labute approximate surface area is 63.5 Å². The van der Waals surface area contributed by atoms with Crippen LogP contribution in [0.5, 0.6) is 0 Å². The van der Waals surface area contributed by atoms with Gasteiger partial charge in [0.15, 0.2) is 0 Å². The second-order valence-corrected chi connectivity index (χ2v) is 2.06. The normalized spacial score (nSPS) is 8.73. The predicted molar refractivity (Wildman–Crippen MR) is 39.1 cm³/mol. The number of pyridine rings is 1. The molecule has 0 saturated heterocycles. The molecule has 4 heteroatoms. The second kappa shape index (κ2) is 2.88. The van der Waals surface area contributed by atoms with Crippen molar-refractivity contribution in [2.75, 3.05) is 0 Å². The summed E-state index contributed by atoms with van der Waals surface area (Å²) in [6, 6.07) is 3.42. The van der Waals surface area contributed by atoms with E-state index in [0.717, 1.165) is 0 Å². The van der Waals surface area contributed by atoms with Crippen molar-refractivity contribution < 1.29 is 0 Å². The zero-order valence-corrected chi connectivity index (χ0v) is 5.90. The van der Waals surface area contributed by atoms with Gasteiger partial charge in [0, 0.05) is 0 Å². The Morgan fingerprint density at radius 3 is 2.91 bits per heavy atom. The SMILES string of the molecule is Cc1cc(N=O)cnc1C#N. The minimum atomic E-state index is 0.251. The van der Waals surface area contributed by atoms with E-state index in [1.54, 1.807) is 6.92 Å². The number of nitrogens with zero attached hydrogens (tertiary/aromatic N) is 3. The van der Waals surface area contributed by atoms with Gasteiger partial charge < -0.3 is 0 Å². The number of nitroso groups, excluding NO2 is 1. The first-order valence-electron chi connectivity index (χ1n) is 2.98. The van der Waals surface area contributed by atoms with E-state index in [-0.39, 0.29) is 5.69 Å². The lowest BCUT2D eigenvalue weighted by molar-refractivity contribution is 1.20. The molecule has 4 nitrogen and oxygen atoms in total. The molecule has 1 aromatic heterocycles. The van der Waals surface area contributed by atoms with Gasteiger partial charge in [0.1, 0.15) is 17.5 Å². The van der Waals surface area contributed by atoms with Crippen molar-refractivity contribution in [2.45, 2.75) is 6.92 Å². The number of aromatic nitrogens is 1. The molecule has 0 fully saturated rings. The van der Waals surface area contributed by atoms with E-state index in [4.69, 9.17) is 5.26 Å². The highest BCUT2D eigenvalue weighted by Gasteiger charge is 1.99. The van der Waals surface area contributed by atoms with E-state index < -0.39 is 0 Å². The molecular formula is C7H5N3O. The molecule has 1 rings (SSSR count). The van der Waals surface area contributed by atoms with Gasteiger partial charge in [0.25, 0.3) is 0 Å². The van der Waals surface area contributed by atoms with Gasteiger partial charge in [-0.2, -0.15) is 5.26 Å². The number of nitriles is 1. The Bertz CT molecular complexity index is 327. The van der Waals surface area contributed by atoms with E-state index in [0.29, 0.717) is 11.3 Å². The summed E-state index contributed by atoms with van der Waals surface area (Å²) in [7, 11) is 0. The van der Waals surface area contributed by atoms with Crippen molar-refractivity contribution in [2.24, 2.45) is 5.18 Å². The molecule has 0 aliphatic heterocycles. The summed E-state index contributed by atoms with van der Waals surface area (Å²) in [5.74, 6) is 0. The van der Waals surface area contributed by atoms with Crippen molar-refractivity contribution >= 4 is 5.69 Å². The summed E-state index contributed by atoms with van der Waals surface area (Å²) >= 11 is 0. The Hall–Kier alpha value is -1.76. The minimum absolute atomic E-state index is 0.251. The van der Waals surface area contributed by atoms with E-state index in [1.165, 1.54) is 12.3 Å². The molecule has 0 atom stereocenters. The van der Waals surface area contributed by atoms with Crippen molar-refractivity contribution in [3.63, 3.8) is 0 Å². The maximum Gasteiger partial charge on any atom is 0.143 e. The van der Waals surface area contributed by atoms with Crippen LogP contribution in [0.1, 0.15) is 11.3 Å². The third kappa shape index (κ3) is 1.38. The molecule has 0 aromatic carbocycles. The van der Waals surface area contributed by atoms with Gasteiger partial charge >= 0.3 is 0 Å². The summed E-state index contributed by atoms with van der Waals surface area (Å²) in [6.07, 6.45) is 1.28. The number of aryl methyl sites for hydroxylation is 1. The van der Waals surface area contributed by atoms with E-state index in [1.807, 2.05) is 6.07 Å². The number of rotatable bonds is 1. The highest BCUT2D eigenvalue weighted by atomic mass is 16.3. The van der Waals surface area contributed by atoms with E-state index in [2.05, 4.69) is 10.2 Å². The van der Waals surface area contributed by atoms with Crippen LogP contribution in [0.3, 0.4) is 0 Å². The summed E-state index contributed by atoms with van der Waals surface area (Å²) in [5, 5.41) is 11.1. The molecule has 1 heterocycles. The van der Waals surface area contributed by atoms with Gasteiger partial charge in [-0.15, -0.1) is 4.91 Å². The molecule has 0 bridgehead atoms. The van der Waals surface area contributed by atoms with Crippen LogP contribution < -0.4 is 0 Å². The second-order valence-electron chi connectivity index (χ2n) is 2.06. The number of hydrogen-bond acceptors (Lipinski definition) is 4. The van der Waals surface area contributed by atoms with Gasteiger partial charge in [-0.3, -0.25) is 0 Å². The Kier molecular flexibility index (Phi) is 1.93. The van der Waals surface area contributed by atoms with Crippen LogP contribution in [0.2, 0.25) is 0 Å². The van der Waals surface area contributed by atoms with Gasteiger partial charge in [0.2, 0.25) is 0 Å². The van der Waals surface area contributed by atoms with E-state index >= 15 is 0 Å². The summed E-state index contributed by atoms with van der Waals surface area (Å²) < 4.78 is 0. The van der Waals surface area contributed by atoms with Gasteiger partial charge in [-0.1, -0.05) is 0 Å². The highest BCUT2D eigenvalue weighted by molar-refractivity contribution is 5.42. The zero-order valence-electron chi connectivity index (χ0n) is 5.90. The Morgan fingerprint density at radius 2 is 2.45 bits per heavy atom. The molecule has 0 unspecified atom stereocenters. The zero-order chi connectivity index (χ0) is 8.27. The molecule has 0 saturated carbocycles. The maximum atomic E-state index is 9.99. The lowest BCUT2D eigenvalue weighted by atomic mass is 10.2. The predicted octanol–water partition coefficient (Wildman–Crippen LogP) is 1.66. The molecule has 11 heavy (non-hydrogen) atoms. The molecule has 0 aliphatic rings. The van der Waals surface area contributed by atoms with Crippen molar-refractivity contribution in [3.8, 4) is 6.07 Å². The fraction of sp³-hybridized carbons (Fsp3) is 0.143. The maximum absolute atomic E-state index is 9.99. The average molecular weight is 147 g/mol. The smallest absolute Gasteiger partial charge is 0.143 e. The van der Waals surface area contributed by atoms with Crippen molar-refractivity contribution in [1.29, 1.82) is 5.26 Å². The molecule has 54 valence electrons. The Morgan fingerprint density at radius 1 is 1.73 bits per heavy atom. The first-order valence-corrected chi connectivity index (χ1v) is 2.98. The van der Waals surface area contributed by atoms with Crippen LogP contribution in [-0.2, 0) is 0 Å². The summed E-state index contributed by atoms with van der Waals surface area (Å²) in [5.41, 5.74) is 1.25. The fourth-order valence-electron chi connectivity index (χ4n) is 0.727. The molecule has 0 aliphatic carbocycles. The van der Waals surface area contributed by atoms with Crippen LogP contribution in [-0.4, -0.2) is 4.98 Å².